The Bertz CT molecular complexity index is 938. The summed E-state index contributed by atoms with van der Waals surface area (Å²) in [4.78, 5) is 15.7. The fourth-order valence-corrected chi connectivity index (χ4v) is 2.55. The van der Waals surface area contributed by atoms with Crippen molar-refractivity contribution in [2.24, 2.45) is 4.99 Å². The maximum absolute atomic E-state index is 14.4. The van der Waals surface area contributed by atoms with Crippen molar-refractivity contribution in [3.8, 4) is 0 Å². The van der Waals surface area contributed by atoms with E-state index in [9.17, 15) is 26.7 Å². The van der Waals surface area contributed by atoms with Crippen molar-refractivity contribution in [2.45, 2.75) is 19.0 Å². The molecule has 0 saturated carbocycles. The van der Waals surface area contributed by atoms with E-state index >= 15 is 0 Å². The van der Waals surface area contributed by atoms with Gasteiger partial charge >= 0.3 is 6.18 Å². The van der Waals surface area contributed by atoms with Gasteiger partial charge in [-0.3, -0.25) is 15.2 Å². The van der Waals surface area contributed by atoms with Crippen LogP contribution in [0.15, 0.2) is 41.4 Å². The van der Waals surface area contributed by atoms with Crippen molar-refractivity contribution in [3.05, 3.63) is 64.7 Å². The minimum Gasteiger partial charge on any atom is -0.319 e. The van der Waals surface area contributed by atoms with E-state index in [1.165, 1.54) is 6.07 Å². The standard InChI is InChI=1S/C19H16F5N3O/c1-10-5-3-4-6-11(10)18(28)27-16-8-14(20)12(7-15(16)21)13(9-26-2)17(25)19(22,23)24/h3-9,13,25H,1-2H3,(H,27,28). The van der Waals surface area contributed by atoms with E-state index in [1.54, 1.807) is 25.1 Å². The lowest BCUT2D eigenvalue weighted by Gasteiger charge is -2.18. The molecule has 1 atom stereocenters. The fourth-order valence-electron chi connectivity index (χ4n) is 2.55. The molecule has 0 saturated heterocycles. The molecule has 0 radical (unpaired) electrons. The molecule has 0 bridgehead atoms. The number of nitrogens with one attached hydrogen (secondary N) is 2. The van der Waals surface area contributed by atoms with E-state index in [1.807, 2.05) is 0 Å². The quantitative estimate of drug-likeness (QED) is 0.548. The number of hydrogen-bond donors (Lipinski definition) is 2. The molecule has 2 aromatic carbocycles. The summed E-state index contributed by atoms with van der Waals surface area (Å²) < 4.78 is 67.4. The van der Waals surface area contributed by atoms with Crippen LogP contribution in [0.3, 0.4) is 0 Å². The lowest BCUT2D eigenvalue weighted by molar-refractivity contribution is -0.0612. The first-order valence-electron chi connectivity index (χ1n) is 8.00. The molecule has 28 heavy (non-hydrogen) atoms. The van der Waals surface area contributed by atoms with Crippen LogP contribution in [0, 0.1) is 24.0 Å². The van der Waals surface area contributed by atoms with E-state index < -0.39 is 46.6 Å². The number of benzene rings is 2. The third-order valence-electron chi connectivity index (χ3n) is 3.97. The Labute approximate surface area is 157 Å². The first kappa shape index (κ1) is 21.2. The molecule has 0 spiro atoms. The van der Waals surface area contributed by atoms with Crippen molar-refractivity contribution in [3.63, 3.8) is 0 Å². The van der Waals surface area contributed by atoms with Crippen molar-refractivity contribution in [1.82, 2.24) is 0 Å². The second-order valence-electron chi connectivity index (χ2n) is 5.92. The zero-order chi connectivity index (χ0) is 21.1. The largest absolute Gasteiger partial charge is 0.429 e. The molecule has 1 unspecified atom stereocenters. The first-order chi connectivity index (χ1) is 13.1. The molecule has 1 amide bonds. The van der Waals surface area contributed by atoms with E-state index in [0.717, 1.165) is 7.05 Å². The van der Waals surface area contributed by atoms with E-state index in [4.69, 9.17) is 5.41 Å². The minimum atomic E-state index is -5.04. The molecule has 4 nitrogen and oxygen atoms in total. The Kier molecular flexibility index (Phi) is 6.27. The monoisotopic (exact) mass is 397 g/mol. The molecule has 148 valence electrons. The van der Waals surface area contributed by atoms with Crippen LogP contribution >= 0.6 is 0 Å². The summed E-state index contributed by atoms with van der Waals surface area (Å²) in [5.41, 5.74) is -2.18. The second kappa shape index (κ2) is 8.28. The lowest BCUT2D eigenvalue weighted by atomic mass is 9.93. The van der Waals surface area contributed by atoms with Crippen molar-refractivity contribution >= 4 is 23.5 Å². The molecule has 0 aliphatic carbocycles. The van der Waals surface area contributed by atoms with Gasteiger partial charge in [0, 0.05) is 30.5 Å². The third kappa shape index (κ3) is 4.59. The number of alkyl halides is 3. The molecular formula is C19H16F5N3O. The molecule has 0 aliphatic rings. The molecular weight excluding hydrogens is 381 g/mol. The highest BCUT2D eigenvalue weighted by molar-refractivity contribution is 6.06. The number of nitrogens with zero attached hydrogens (tertiary/aromatic N) is 1. The zero-order valence-electron chi connectivity index (χ0n) is 14.9. The summed E-state index contributed by atoms with van der Waals surface area (Å²) in [7, 11) is 1.15. The maximum Gasteiger partial charge on any atom is 0.429 e. The van der Waals surface area contributed by atoms with Gasteiger partial charge in [0.1, 0.15) is 17.3 Å². The van der Waals surface area contributed by atoms with Crippen LogP contribution in [0.1, 0.15) is 27.4 Å². The number of hydrogen-bond acceptors (Lipinski definition) is 3. The minimum absolute atomic E-state index is 0.237. The lowest BCUT2D eigenvalue weighted by Crippen LogP contribution is -2.30. The molecule has 0 fully saturated rings. The Morgan fingerprint density at radius 2 is 1.82 bits per heavy atom. The van der Waals surface area contributed by atoms with E-state index in [0.29, 0.717) is 23.9 Å². The van der Waals surface area contributed by atoms with Crippen LogP contribution in [-0.2, 0) is 0 Å². The van der Waals surface area contributed by atoms with Gasteiger partial charge in [-0.1, -0.05) is 18.2 Å². The van der Waals surface area contributed by atoms with Crippen LogP contribution in [0.5, 0.6) is 0 Å². The van der Waals surface area contributed by atoms with Crippen LogP contribution in [0.2, 0.25) is 0 Å². The predicted octanol–water partition coefficient (Wildman–Crippen LogP) is 4.89. The Morgan fingerprint density at radius 3 is 2.39 bits per heavy atom. The van der Waals surface area contributed by atoms with Gasteiger partial charge in [0.2, 0.25) is 0 Å². The maximum atomic E-state index is 14.4. The number of amides is 1. The van der Waals surface area contributed by atoms with Gasteiger partial charge in [0.25, 0.3) is 5.91 Å². The summed E-state index contributed by atoms with van der Waals surface area (Å²) in [5.74, 6) is -4.96. The summed E-state index contributed by atoms with van der Waals surface area (Å²) in [6.45, 7) is 1.66. The molecule has 0 aliphatic heterocycles. The number of halogens is 5. The predicted molar refractivity (Wildman–Crippen MR) is 96.4 cm³/mol. The summed E-state index contributed by atoms with van der Waals surface area (Å²) in [6, 6.07) is 7.56. The second-order valence-corrected chi connectivity index (χ2v) is 5.92. The smallest absolute Gasteiger partial charge is 0.319 e. The van der Waals surface area contributed by atoms with E-state index in [2.05, 4.69) is 10.3 Å². The summed E-state index contributed by atoms with van der Waals surface area (Å²) in [6.07, 6.45) is -4.33. The highest BCUT2D eigenvalue weighted by Crippen LogP contribution is 2.31. The molecule has 2 aromatic rings. The molecule has 2 rings (SSSR count). The third-order valence-corrected chi connectivity index (χ3v) is 3.97. The Balaban J connectivity index is 2.40. The van der Waals surface area contributed by atoms with Gasteiger partial charge in [-0.05, 0) is 24.6 Å². The van der Waals surface area contributed by atoms with Crippen molar-refractivity contribution in [2.75, 3.05) is 12.4 Å². The van der Waals surface area contributed by atoms with Crippen LogP contribution in [0.4, 0.5) is 27.6 Å². The molecule has 2 N–H and O–H groups in total. The number of aryl methyl sites for hydroxylation is 1. The molecule has 0 heterocycles. The number of rotatable bonds is 5. The van der Waals surface area contributed by atoms with Gasteiger partial charge in [0.05, 0.1) is 11.6 Å². The Hall–Kier alpha value is -3.10. The number of anilines is 1. The van der Waals surface area contributed by atoms with Gasteiger partial charge in [-0.2, -0.15) is 13.2 Å². The number of aliphatic imine (C=N–C) groups is 1. The van der Waals surface area contributed by atoms with Crippen LogP contribution in [-0.4, -0.2) is 31.1 Å². The van der Waals surface area contributed by atoms with Gasteiger partial charge in [-0.25, -0.2) is 8.78 Å². The van der Waals surface area contributed by atoms with Crippen LogP contribution in [0.25, 0.3) is 0 Å². The number of carbonyl (C=O) groups is 1. The highest BCUT2D eigenvalue weighted by atomic mass is 19.4. The molecule has 9 heteroatoms. The SMILES string of the molecule is CN=CC(C(=N)C(F)(F)F)c1cc(F)c(NC(=O)c2ccccc2C)cc1F. The topological polar surface area (TPSA) is 65.3 Å². The van der Waals surface area contributed by atoms with Crippen LogP contribution < -0.4 is 5.32 Å². The fraction of sp³-hybridized carbons (Fsp3) is 0.211. The average molecular weight is 397 g/mol. The molecule has 0 aromatic heterocycles. The normalized spacial score (nSPS) is 12.8. The summed E-state index contributed by atoms with van der Waals surface area (Å²) >= 11 is 0. The summed E-state index contributed by atoms with van der Waals surface area (Å²) in [5, 5.41) is 9.44. The van der Waals surface area contributed by atoms with Crippen molar-refractivity contribution < 1.29 is 26.7 Å². The Morgan fingerprint density at radius 1 is 1.18 bits per heavy atom. The van der Waals surface area contributed by atoms with Crippen molar-refractivity contribution in [1.29, 1.82) is 5.41 Å². The van der Waals surface area contributed by atoms with E-state index in [-0.39, 0.29) is 5.56 Å². The van der Waals surface area contributed by atoms with Gasteiger partial charge in [-0.15, -0.1) is 0 Å². The zero-order valence-corrected chi connectivity index (χ0v) is 14.9. The first-order valence-corrected chi connectivity index (χ1v) is 8.00. The average Bonchev–Trinajstić information content (AvgIpc) is 2.61. The number of carbonyl (C=O) groups excluding carboxylic acids is 1. The van der Waals surface area contributed by atoms with Gasteiger partial charge < -0.3 is 5.32 Å². The highest BCUT2D eigenvalue weighted by Gasteiger charge is 2.40. The van der Waals surface area contributed by atoms with Gasteiger partial charge in [0.15, 0.2) is 0 Å².